The van der Waals surface area contributed by atoms with E-state index in [1.165, 1.54) is 0 Å². The molecule has 6 nitrogen and oxygen atoms in total. The summed E-state index contributed by atoms with van der Waals surface area (Å²) in [5.74, 6) is 2.09. The van der Waals surface area contributed by atoms with E-state index < -0.39 is 0 Å². The third kappa shape index (κ3) is 5.85. The van der Waals surface area contributed by atoms with E-state index in [-0.39, 0.29) is 12.3 Å². The summed E-state index contributed by atoms with van der Waals surface area (Å²) in [6.45, 7) is 5.34. The van der Waals surface area contributed by atoms with Crippen molar-refractivity contribution in [2.24, 2.45) is 0 Å². The Hall–Kier alpha value is -2.28. The normalized spacial score (nSPS) is 10.4. The van der Waals surface area contributed by atoms with Gasteiger partial charge in [0, 0.05) is 36.9 Å². The van der Waals surface area contributed by atoms with Gasteiger partial charge in [-0.2, -0.15) is 0 Å². The molecule has 0 fully saturated rings. The molecular weight excluding hydrogens is 410 g/mol. The Bertz CT molecular complexity index is 781. The van der Waals surface area contributed by atoms with Gasteiger partial charge in [-0.15, -0.1) is 0 Å². The van der Waals surface area contributed by atoms with Gasteiger partial charge < -0.3 is 19.7 Å². The Kier molecular flexibility index (Phi) is 7.91. The molecule has 1 amide bonds. The number of anilines is 1. The molecule has 0 aliphatic rings. The van der Waals surface area contributed by atoms with Crippen LogP contribution in [0.5, 0.6) is 11.5 Å². The summed E-state index contributed by atoms with van der Waals surface area (Å²) in [4.78, 5) is 18.7. The molecule has 1 heterocycles. The molecule has 0 saturated carbocycles. The van der Waals surface area contributed by atoms with Crippen LogP contribution in [0.4, 0.5) is 5.82 Å². The van der Waals surface area contributed by atoms with Crippen LogP contribution in [0.3, 0.4) is 0 Å². The zero-order chi connectivity index (χ0) is 19.8. The summed E-state index contributed by atoms with van der Waals surface area (Å²) >= 11 is 3.53. The number of carbonyl (C=O) groups excluding carboxylic acids is 1. The molecular formula is C20H26BrN3O3. The van der Waals surface area contributed by atoms with Crippen LogP contribution in [0, 0.1) is 0 Å². The third-order valence-corrected chi connectivity index (χ3v) is 4.57. The molecule has 27 heavy (non-hydrogen) atoms. The summed E-state index contributed by atoms with van der Waals surface area (Å²) < 4.78 is 12.1. The molecule has 0 atom stereocenters. The maximum Gasteiger partial charge on any atom is 0.224 e. The number of hydrogen-bond acceptors (Lipinski definition) is 5. The number of rotatable bonds is 9. The number of hydrogen-bond donors (Lipinski definition) is 1. The molecule has 0 bridgehead atoms. The molecule has 2 aromatic rings. The van der Waals surface area contributed by atoms with Crippen LogP contribution in [0.1, 0.15) is 25.0 Å². The van der Waals surface area contributed by atoms with Crippen LogP contribution in [-0.4, -0.2) is 38.2 Å². The minimum Gasteiger partial charge on any atom is -0.490 e. The molecule has 1 aromatic heterocycles. The first-order valence-electron chi connectivity index (χ1n) is 8.92. The fourth-order valence-corrected chi connectivity index (χ4v) is 3.11. The molecule has 1 N–H and O–H groups in total. The Morgan fingerprint density at radius 2 is 1.81 bits per heavy atom. The zero-order valence-corrected chi connectivity index (χ0v) is 17.8. The Balaban J connectivity index is 2.08. The van der Waals surface area contributed by atoms with Crippen LogP contribution in [-0.2, 0) is 17.8 Å². The van der Waals surface area contributed by atoms with Crippen LogP contribution in [0.25, 0.3) is 0 Å². The van der Waals surface area contributed by atoms with Gasteiger partial charge in [-0.3, -0.25) is 4.79 Å². The molecule has 7 heteroatoms. The summed E-state index contributed by atoms with van der Waals surface area (Å²) in [5, 5.41) is 2.96. The van der Waals surface area contributed by atoms with Crippen LogP contribution in [0.15, 0.2) is 34.9 Å². The first kappa shape index (κ1) is 21.0. The van der Waals surface area contributed by atoms with E-state index in [0.717, 1.165) is 21.4 Å². The third-order valence-electron chi connectivity index (χ3n) is 3.83. The first-order chi connectivity index (χ1) is 13.0. The largest absolute Gasteiger partial charge is 0.490 e. The van der Waals surface area contributed by atoms with Crippen molar-refractivity contribution < 1.29 is 14.3 Å². The summed E-state index contributed by atoms with van der Waals surface area (Å²) in [7, 11) is 3.86. The summed E-state index contributed by atoms with van der Waals surface area (Å²) in [6, 6.07) is 7.53. The quantitative estimate of drug-likeness (QED) is 0.651. The SMILES string of the molecule is CCOc1cc(Br)c(CC(=O)NCc2cccnc2N(C)C)cc1OCC. The average Bonchev–Trinajstić information content (AvgIpc) is 2.64. The van der Waals surface area contributed by atoms with Crippen molar-refractivity contribution in [3.8, 4) is 11.5 Å². The van der Waals surface area contributed by atoms with Gasteiger partial charge in [-0.05, 0) is 37.6 Å². The van der Waals surface area contributed by atoms with Crippen molar-refractivity contribution in [3.05, 3.63) is 46.1 Å². The average molecular weight is 436 g/mol. The van der Waals surface area contributed by atoms with E-state index in [1.54, 1.807) is 6.20 Å². The number of benzene rings is 1. The molecule has 0 spiro atoms. The number of aromatic nitrogens is 1. The highest BCUT2D eigenvalue weighted by Crippen LogP contribution is 2.34. The number of amides is 1. The van der Waals surface area contributed by atoms with Gasteiger partial charge in [-0.1, -0.05) is 22.0 Å². The highest BCUT2D eigenvalue weighted by Gasteiger charge is 2.14. The monoisotopic (exact) mass is 435 g/mol. The zero-order valence-electron chi connectivity index (χ0n) is 16.2. The van der Waals surface area contributed by atoms with Crippen LogP contribution < -0.4 is 19.7 Å². The van der Waals surface area contributed by atoms with E-state index in [1.807, 2.05) is 57.1 Å². The highest BCUT2D eigenvalue weighted by atomic mass is 79.9. The number of nitrogens with zero attached hydrogens (tertiary/aromatic N) is 2. The molecule has 0 aliphatic carbocycles. The van der Waals surface area contributed by atoms with Crippen molar-refractivity contribution in [3.63, 3.8) is 0 Å². The molecule has 2 rings (SSSR count). The van der Waals surface area contributed by atoms with Crippen molar-refractivity contribution in [1.82, 2.24) is 10.3 Å². The van der Waals surface area contributed by atoms with E-state index in [9.17, 15) is 4.79 Å². The standard InChI is InChI=1S/C20H26BrN3O3/c1-5-26-17-10-15(16(21)12-18(17)27-6-2)11-19(25)23-13-14-8-7-9-22-20(14)24(3)4/h7-10,12H,5-6,11,13H2,1-4H3,(H,23,25). The predicted molar refractivity (Wildman–Crippen MR) is 111 cm³/mol. The van der Waals surface area contributed by atoms with E-state index in [2.05, 4.69) is 26.2 Å². The topological polar surface area (TPSA) is 63.7 Å². The van der Waals surface area contributed by atoms with Gasteiger partial charge in [0.1, 0.15) is 5.82 Å². The Morgan fingerprint density at radius 1 is 1.15 bits per heavy atom. The lowest BCUT2D eigenvalue weighted by Crippen LogP contribution is -2.26. The smallest absolute Gasteiger partial charge is 0.224 e. The predicted octanol–water partition coefficient (Wildman–Crippen LogP) is 3.57. The highest BCUT2D eigenvalue weighted by molar-refractivity contribution is 9.10. The van der Waals surface area contributed by atoms with E-state index in [0.29, 0.717) is 31.3 Å². The Labute approximate surface area is 169 Å². The summed E-state index contributed by atoms with van der Waals surface area (Å²) in [5.41, 5.74) is 1.81. The molecule has 0 aliphatic heterocycles. The lowest BCUT2D eigenvalue weighted by molar-refractivity contribution is -0.120. The number of pyridine rings is 1. The second kappa shape index (κ2) is 10.2. The number of ether oxygens (including phenoxy) is 2. The van der Waals surface area contributed by atoms with E-state index in [4.69, 9.17) is 9.47 Å². The van der Waals surface area contributed by atoms with Gasteiger partial charge >= 0.3 is 0 Å². The van der Waals surface area contributed by atoms with Crippen molar-refractivity contribution in [2.75, 3.05) is 32.2 Å². The Morgan fingerprint density at radius 3 is 2.44 bits per heavy atom. The fraction of sp³-hybridized carbons (Fsp3) is 0.400. The van der Waals surface area contributed by atoms with Gasteiger partial charge in [0.15, 0.2) is 11.5 Å². The lowest BCUT2D eigenvalue weighted by atomic mass is 10.1. The van der Waals surface area contributed by atoms with Gasteiger partial charge in [0.25, 0.3) is 0 Å². The fourth-order valence-electron chi connectivity index (χ4n) is 2.65. The first-order valence-corrected chi connectivity index (χ1v) is 9.71. The van der Waals surface area contributed by atoms with Crippen molar-refractivity contribution in [1.29, 1.82) is 0 Å². The summed E-state index contributed by atoms with van der Waals surface area (Å²) in [6.07, 6.45) is 1.98. The molecule has 1 aromatic carbocycles. The van der Waals surface area contributed by atoms with Crippen molar-refractivity contribution in [2.45, 2.75) is 26.8 Å². The van der Waals surface area contributed by atoms with Gasteiger partial charge in [-0.25, -0.2) is 4.98 Å². The molecule has 0 saturated heterocycles. The second-order valence-corrected chi connectivity index (χ2v) is 6.94. The molecule has 0 unspecified atom stereocenters. The molecule has 0 radical (unpaired) electrons. The van der Waals surface area contributed by atoms with Gasteiger partial charge in [0.2, 0.25) is 5.91 Å². The minimum absolute atomic E-state index is 0.0733. The lowest BCUT2D eigenvalue weighted by Gasteiger charge is -2.16. The van der Waals surface area contributed by atoms with E-state index >= 15 is 0 Å². The van der Waals surface area contributed by atoms with Gasteiger partial charge in [0.05, 0.1) is 19.6 Å². The molecule has 146 valence electrons. The van der Waals surface area contributed by atoms with Crippen LogP contribution in [0.2, 0.25) is 0 Å². The number of halogens is 1. The second-order valence-electron chi connectivity index (χ2n) is 6.09. The van der Waals surface area contributed by atoms with Crippen molar-refractivity contribution >= 4 is 27.7 Å². The minimum atomic E-state index is -0.0733. The number of carbonyl (C=O) groups is 1. The maximum atomic E-state index is 12.5. The van der Waals surface area contributed by atoms with Crippen LogP contribution >= 0.6 is 15.9 Å². The number of nitrogens with one attached hydrogen (secondary N) is 1. The maximum absolute atomic E-state index is 12.5.